The molecular weight excluding hydrogens is 317 g/mol. The molecule has 2 rings (SSSR count). The van der Waals surface area contributed by atoms with Gasteiger partial charge in [0.1, 0.15) is 16.5 Å². The minimum atomic E-state index is -0.640. The van der Waals surface area contributed by atoms with Crippen LogP contribution in [0.2, 0.25) is 0 Å². The summed E-state index contributed by atoms with van der Waals surface area (Å²) in [5, 5.41) is 8.79. The lowest BCUT2D eigenvalue weighted by molar-refractivity contribution is -0.136. The summed E-state index contributed by atoms with van der Waals surface area (Å²) >= 11 is 11.6. The molecule has 1 aromatic carbocycles. The van der Waals surface area contributed by atoms with Crippen LogP contribution >= 0.6 is 23.2 Å². The van der Waals surface area contributed by atoms with Crippen LogP contribution in [0, 0.1) is 0 Å². The number of hydrogen-bond donors (Lipinski definition) is 1. The lowest BCUT2D eigenvalue weighted by atomic mass is 10.1. The number of esters is 1. The van der Waals surface area contributed by atoms with Crippen molar-refractivity contribution >= 4 is 46.4 Å². The molecular formula is C14H9Cl2NO4. The highest BCUT2D eigenvalue weighted by atomic mass is 35.5. The summed E-state index contributed by atoms with van der Waals surface area (Å²) in [4.78, 5) is 27.0. The second-order valence-corrected chi connectivity index (χ2v) is 4.86. The van der Waals surface area contributed by atoms with E-state index in [0.717, 1.165) is 0 Å². The lowest BCUT2D eigenvalue weighted by Gasteiger charge is -2.14. The Morgan fingerprint density at radius 3 is 2.43 bits per heavy atom. The summed E-state index contributed by atoms with van der Waals surface area (Å²) in [7, 11) is 0. The molecule has 0 heterocycles. The van der Waals surface area contributed by atoms with Crippen LogP contribution in [0.3, 0.4) is 0 Å². The molecule has 1 aliphatic rings. The van der Waals surface area contributed by atoms with Crippen LogP contribution in [0.5, 0.6) is 5.75 Å². The molecule has 1 aromatic rings. The smallest absolute Gasteiger partial charge is 0.308 e. The molecule has 0 aromatic heterocycles. The van der Waals surface area contributed by atoms with Gasteiger partial charge in [-0.1, -0.05) is 23.2 Å². The predicted octanol–water partition coefficient (Wildman–Crippen LogP) is 3.18. The van der Waals surface area contributed by atoms with Gasteiger partial charge in [-0.25, -0.2) is 4.99 Å². The fourth-order valence-electron chi connectivity index (χ4n) is 1.56. The first-order valence-corrected chi connectivity index (χ1v) is 6.52. The van der Waals surface area contributed by atoms with Gasteiger partial charge in [0.25, 0.3) is 0 Å². The molecule has 7 heteroatoms. The number of ether oxygens (including phenoxy) is 1. The minimum Gasteiger partial charge on any atom is -0.508 e. The van der Waals surface area contributed by atoms with Crippen LogP contribution in [0.4, 0.5) is 5.69 Å². The number of rotatable bonds is 2. The Labute approximate surface area is 130 Å². The zero-order valence-corrected chi connectivity index (χ0v) is 12.3. The van der Waals surface area contributed by atoms with Crippen molar-refractivity contribution in [3.05, 3.63) is 46.2 Å². The van der Waals surface area contributed by atoms with Gasteiger partial charge in [-0.05, 0) is 30.3 Å². The topological polar surface area (TPSA) is 76.0 Å². The van der Waals surface area contributed by atoms with E-state index in [4.69, 9.17) is 27.9 Å². The third-order valence-electron chi connectivity index (χ3n) is 2.46. The van der Waals surface area contributed by atoms with E-state index in [1.165, 1.54) is 25.1 Å². The molecule has 1 N–H and O–H groups in total. The number of carbonyl (C=O) groups excluding carboxylic acids is 2. The largest absolute Gasteiger partial charge is 0.508 e. The maximum absolute atomic E-state index is 11.7. The third kappa shape index (κ3) is 3.51. The number of hydrogen-bond acceptors (Lipinski definition) is 5. The average Bonchev–Trinajstić information content (AvgIpc) is 2.43. The molecule has 0 radical (unpaired) electrons. The highest BCUT2D eigenvalue weighted by molar-refractivity contribution is 6.58. The number of carbonyl (C=O) groups is 2. The Bertz CT molecular complexity index is 702. The molecule has 0 saturated heterocycles. The van der Waals surface area contributed by atoms with Crippen LogP contribution < -0.4 is 0 Å². The molecule has 108 valence electrons. The van der Waals surface area contributed by atoms with Crippen molar-refractivity contribution in [2.45, 2.75) is 6.92 Å². The molecule has 0 aliphatic heterocycles. The number of phenolic OH excluding ortho intramolecular Hbond substituents is 1. The molecule has 0 fully saturated rings. The average molecular weight is 326 g/mol. The van der Waals surface area contributed by atoms with Gasteiger partial charge in [-0.3, -0.25) is 9.59 Å². The van der Waals surface area contributed by atoms with Gasteiger partial charge in [0, 0.05) is 6.92 Å². The monoisotopic (exact) mass is 325 g/mol. The van der Waals surface area contributed by atoms with E-state index in [9.17, 15) is 14.7 Å². The second-order valence-electron chi connectivity index (χ2n) is 4.07. The predicted molar refractivity (Wildman–Crippen MR) is 78.8 cm³/mol. The van der Waals surface area contributed by atoms with E-state index in [0.29, 0.717) is 5.69 Å². The minimum absolute atomic E-state index is 0.0835. The van der Waals surface area contributed by atoms with Crippen molar-refractivity contribution in [3.8, 4) is 5.75 Å². The molecule has 0 unspecified atom stereocenters. The van der Waals surface area contributed by atoms with E-state index in [2.05, 4.69) is 4.99 Å². The van der Waals surface area contributed by atoms with Gasteiger partial charge in [-0.2, -0.15) is 0 Å². The Morgan fingerprint density at radius 2 is 1.86 bits per heavy atom. The Hall–Kier alpha value is -2.11. The summed E-state index contributed by atoms with van der Waals surface area (Å²) < 4.78 is 4.94. The van der Waals surface area contributed by atoms with E-state index < -0.39 is 11.8 Å². The Kier molecular flexibility index (Phi) is 4.45. The van der Waals surface area contributed by atoms with Gasteiger partial charge in [0.05, 0.1) is 10.7 Å². The van der Waals surface area contributed by atoms with Crippen LogP contribution in [-0.2, 0) is 14.3 Å². The zero-order valence-electron chi connectivity index (χ0n) is 10.8. The third-order valence-corrected chi connectivity index (χ3v) is 3.08. The number of phenols is 1. The second kappa shape index (κ2) is 6.11. The summed E-state index contributed by atoms with van der Waals surface area (Å²) in [6, 6.07) is 5.96. The van der Waals surface area contributed by atoms with Crippen molar-refractivity contribution in [3.63, 3.8) is 0 Å². The first-order chi connectivity index (χ1) is 9.88. The van der Waals surface area contributed by atoms with Gasteiger partial charge in [0.15, 0.2) is 5.76 Å². The van der Waals surface area contributed by atoms with Gasteiger partial charge in [0.2, 0.25) is 5.78 Å². The van der Waals surface area contributed by atoms with E-state index in [1.54, 1.807) is 12.1 Å². The summed E-state index contributed by atoms with van der Waals surface area (Å²) in [6.07, 6.45) is 1.26. The molecule has 1 aliphatic carbocycles. The SMILES string of the molecule is CC(=O)OC1=C(Cl)C(=O)C(Cl)=CC1=Nc1ccc(O)cc1. The fraction of sp³-hybridized carbons (Fsp3) is 0.0714. The zero-order chi connectivity index (χ0) is 15.6. The number of ketones is 1. The normalized spacial score (nSPS) is 17.0. The van der Waals surface area contributed by atoms with Crippen molar-refractivity contribution < 1.29 is 19.4 Å². The molecule has 0 amide bonds. The molecule has 0 atom stereocenters. The maximum Gasteiger partial charge on any atom is 0.308 e. The highest BCUT2D eigenvalue weighted by Crippen LogP contribution is 2.28. The van der Waals surface area contributed by atoms with Gasteiger partial charge in [-0.15, -0.1) is 0 Å². The van der Waals surface area contributed by atoms with Gasteiger partial charge >= 0.3 is 5.97 Å². The van der Waals surface area contributed by atoms with E-state index in [-0.39, 0.29) is 27.3 Å². The van der Waals surface area contributed by atoms with Crippen molar-refractivity contribution in [1.29, 1.82) is 0 Å². The standard InChI is InChI=1S/C14H9Cl2NO4/c1-7(18)21-14-11(6-10(15)13(20)12(14)16)17-8-2-4-9(19)5-3-8/h2-6,19H,1H3. The van der Waals surface area contributed by atoms with Crippen LogP contribution in [-0.4, -0.2) is 22.6 Å². The van der Waals surface area contributed by atoms with Crippen molar-refractivity contribution in [1.82, 2.24) is 0 Å². The van der Waals surface area contributed by atoms with Gasteiger partial charge < -0.3 is 9.84 Å². The highest BCUT2D eigenvalue weighted by Gasteiger charge is 2.27. The number of aromatic hydroxyl groups is 1. The van der Waals surface area contributed by atoms with E-state index in [1.807, 2.05) is 0 Å². The molecule has 0 saturated carbocycles. The fourth-order valence-corrected chi connectivity index (χ4v) is 2.05. The first-order valence-electron chi connectivity index (χ1n) is 5.76. The van der Waals surface area contributed by atoms with Crippen LogP contribution in [0.1, 0.15) is 6.92 Å². The van der Waals surface area contributed by atoms with Crippen LogP contribution in [0.15, 0.2) is 51.2 Å². The number of Topliss-reactive ketones (excluding diaryl/α,β-unsaturated/α-hetero) is 1. The quantitative estimate of drug-likeness (QED) is 0.669. The van der Waals surface area contributed by atoms with Crippen LogP contribution in [0.25, 0.3) is 0 Å². The summed E-state index contributed by atoms with van der Waals surface area (Å²) in [5.41, 5.74) is 0.609. The number of aliphatic imine (C=N–C) groups is 1. The summed E-state index contributed by atoms with van der Waals surface area (Å²) in [6.45, 7) is 1.18. The Balaban J connectivity index is 2.49. The van der Waals surface area contributed by atoms with Crippen molar-refractivity contribution in [2.24, 2.45) is 4.99 Å². The van der Waals surface area contributed by atoms with E-state index >= 15 is 0 Å². The first kappa shape index (κ1) is 15.3. The molecule has 0 bridgehead atoms. The Morgan fingerprint density at radius 1 is 1.24 bits per heavy atom. The lowest BCUT2D eigenvalue weighted by Crippen LogP contribution is -2.18. The molecule has 21 heavy (non-hydrogen) atoms. The molecule has 5 nitrogen and oxygen atoms in total. The number of benzene rings is 1. The van der Waals surface area contributed by atoms with Crippen molar-refractivity contribution in [2.75, 3.05) is 0 Å². The maximum atomic E-state index is 11.7. The number of allylic oxidation sites excluding steroid dienone is 3. The number of halogens is 2. The summed E-state index contributed by atoms with van der Waals surface area (Å²) in [5.74, 6) is -1.34. The number of nitrogens with zero attached hydrogens (tertiary/aromatic N) is 1. The molecule has 0 spiro atoms.